The molecule has 0 radical (unpaired) electrons. The molecule has 2 heterocycles. The third-order valence-electron chi connectivity index (χ3n) is 4.79. The van der Waals surface area contributed by atoms with Crippen LogP contribution < -0.4 is 4.72 Å². The van der Waals surface area contributed by atoms with Gasteiger partial charge < -0.3 is 4.42 Å². The average Bonchev–Trinajstić information content (AvgIpc) is 3.10. The van der Waals surface area contributed by atoms with Crippen LogP contribution in [0.5, 0.6) is 0 Å². The Hall–Kier alpha value is -1.63. The molecule has 0 amide bonds. The first-order valence-electron chi connectivity index (χ1n) is 8.82. The first kappa shape index (κ1) is 18.2. The molecule has 0 bridgehead atoms. The van der Waals surface area contributed by atoms with Gasteiger partial charge in [0, 0.05) is 6.54 Å². The summed E-state index contributed by atoms with van der Waals surface area (Å²) in [7, 11) is -3.55. The maximum Gasteiger partial charge on any atom is 0.240 e. The molecule has 0 saturated carbocycles. The molecular formula is C19H26N2O3S. The molecule has 3 rings (SSSR count). The minimum atomic E-state index is -3.55. The molecule has 136 valence electrons. The predicted molar refractivity (Wildman–Crippen MR) is 98.0 cm³/mol. The Bertz CT molecular complexity index is 794. The molecule has 1 aromatic heterocycles. The van der Waals surface area contributed by atoms with Gasteiger partial charge in [-0.1, -0.05) is 24.1 Å². The second-order valence-electron chi connectivity index (χ2n) is 6.75. The molecule has 2 aromatic rings. The Morgan fingerprint density at radius 1 is 1.16 bits per heavy atom. The van der Waals surface area contributed by atoms with Gasteiger partial charge in [-0.25, -0.2) is 13.1 Å². The topological polar surface area (TPSA) is 62.6 Å². The van der Waals surface area contributed by atoms with Gasteiger partial charge in [-0.05, 0) is 63.5 Å². The van der Waals surface area contributed by atoms with Crippen molar-refractivity contribution in [3.05, 3.63) is 53.5 Å². The van der Waals surface area contributed by atoms with Crippen LogP contribution in [-0.2, 0) is 10.0 Å². The SMILES string of the molecule is Cc1ccc(S(=O)(=O)NCC(c2ccco2)N2CCCCC2)c(C)c1. The highest BCUT2D eigenvalue weighted by Gasteiger charge is 2.27. The van der Waals surface area contributed by atoms with Crippen LogP contribution in [0.2, 0.25) is 0 Å². The molecule has 25 heavy (non-hydrogen) atoms. The number of nitrogens with one attached hydrogen (secondary N) is 1. The smallest absolute Gasteiger partial charge is 0.240 e. The van der Waals surface area contributed by atoms with Gasteiger partial charge >= 0.3 is 0 Å². The lowest BCUT2D eigenvalue weighted by atomic mass is 10.1. The quantitative estimate of drug-likeness (QED) is 0.855. The first-order chi connectivity index (χ1) is 12.0. The minimum absolute atomic E-state index is 0.0733. The van der Waals surface area contributed by atoms with Crippen molar-refractivity contribution < 1.29 is 12.8 Å². The fourth-order valence-corrected chi connectivity index (χ4v) is 4.75. The molecule has 6 heteroatoms. The van der Waals surface area contributed by atoms with Gasteiger partial charge in [-0.15, -0.1) is 0 Å². The Morgan fingerprint density at radius 2 is 1.92 bits per heavy atom. The second kappa shape index (κ2) is 7.72. The van der Waals surface area contributed by atoms with E-state index < -0.39 is 10.0 Å². The molecule has 5 nitrogen and oxygen atoms in total. The minimum Gasteiger partial charge on any atom is -0.468 e. The van der Waals surface area contributed by atoms with Crippen LogP contribution in [0.1, 0.15) is 42.2 Å². The van der Waals surface area contributed by atoms with Crippen molar-refractivity contribution in [3.63, 3.8) is 0 Å². The third-order valence-corrected chi connectivity index (χ3v) is 6.37. The summed E-state index contributed by atoms with van der Waals surface area (Å²) in [6, 6.07) is 9.10. The van der Waals surface area contributed by atoms with E-state index in [1.54, 1.807) is 12.3 Å². The second-order valence-corrected chi connectivity index (χ2v) is 8.48. The van der Waals surface area contributed by atoms with Crippen molar-refractivity contribution in [2.45, 2.75) is 44.0 Å². The number of nitrogens with zero attached hydrogens (tertiary/aromatic N) is 1. The zero-order valence-corrected chi connectivity index (χ0v) is 15.7. The maximum atomic E-state index is 12.8. The Balaban J connectivity index is 1.78. The number of rotatable bonds is 6. The zero-order chi connectivity index (χ0) is 17.9. The largest absolute Gasteiger partial charge is 0.468 e. The van der Waals surface area contributed by atoms with Gasteiger partial charge in [0.15, 0.2) is 0 Å². The molecule has 1 atom stereocenters. The summed E-state index contributed by atoms with van der Waals surface area (Å²) in [5.41, 5.74) is 1.82. The molecule has 0 aliphatic carbocycles. The predicted octanol–water partition coefficient (Wildman–Crippen LogP) is 3.40. The van der Waals surface area contributed by atoms with Crippen molar-refractivity contribution in [1.82, 2.24) is 9.62 Å². The van der Waals surface area contributed by atoms with E-state index in [1.807, 2.05) is 38.1 Å². The number of sulfonamides is 1. The summed E-state index contributed by atoms with van der Waals surface area (Å²) < 4.78 is 33.9. The van der Waals surface area contributed by atoms with E-state index in [-0.39, 0.29) is 6.04 Å². The molecule has 1 saturated heterocycles. The summed E-state index contributed by atoms with van der Waals surface area (Å²) in [5, 5.41) is 0. The molecule has 1 unspecified atom stereocenters. The van der Waals surface area contributed by atoms with E-state index in [0.717, 1.165) is 42.8 Å². The summed E-state index contributed by atoms with van der Waals surface area (Å²) >= 11 is 0. The summed E-state index contributed by atoms with van der Waals surface area (Å²) in [6.45, 7) is 6.03. The molecule has 1 aliphatic rings. The molecule has 1 aromatic carbocycles. The van der Waals surface area contributed by atoms with Gasteiger partial charge in [0.25, 0.3) is 0 Å². The average molecular weight is 362 g/mol. The Morgan fingerprint density at radius 3 is 2.56 bits per heavy atom. The summed E-state index contributed by atoms with van der Waals surface area (Å²) in [5.74, 6) is 0.810. The number of benzene rings is 1. The Labute approximate surface area is 150 Å². The standard InChI is InChI=1S/C19H26N2O3S/c1-15-8-9-19(16(2)13-15)25(22,23)20-14-17(18-7-6-12-24-18)21-10-4-3-5-11-21/h6-9,12-13,17,20H,3-5,10-11,14H2,1-2H3. The van der Waals surface area contributed by atoms with E-state index in [9.17, 15) is 8.42 Å². The number of likely N-dealkylation sites (tertiary alicyclic amines) is 1. The number of furan rings is 1. The van der Waals surface area contributed by atoms with Gasteiger partial charge in [0.2, 0.25) is 10.0 Å². The van der Waals surface area contributed by atoms with E-state index >= 15 is 0 Å². The van der Waals surface area contributed by atoms with Gasteiger partial charge in [-0.3, -0.25) is 4.90 Å². The number of piperidine rings is 1. The fraction of sp³-hybridized carbons (Fsp3) is 0.474. The maximum absolute atomic E-state index is 12.8. The third kappa shape index (κ3) is 4.32. The lowest BCUT2D eigenvalue weighted by molar-refractivity contribution is 0.147. The van der Waals surface area contributed by atoms with Crippen LogP contribution >= 0.6 is 0 Å². The first-order valence-corrected chi connectivity index (χ1v) is 10.3. The Kier molecular flexibility index (Phi) is 5.61. The van der Waals surface area contributed by atoms with Crippen LogP contribution in [0.4, 0.5) is 0 Å². The monoisotopic (exact) mass is 362 g/mol. The van der Waals surface area contributed by atoms with Gasteiger partial charge in [0.05, 0.1) is 17.2 Å². The fourth-order valence-electron chi connectivity index (χ4n) is 3.49. The number of aryl methyl sites for hydroxylation is 2. The van der Waals surface area contributed by atoms with Crippen molar-refractivity contribution in [2.24, 2.45) is 0 Å². The zero-order valence-electron chi connectivity index (χ0n) is 14.9. The molecule has 1 aliphatic heterocycles. The normalized spacial score (nSPS) is 17.5. The van der Waals surface area contributed by atoms with Gasteiger partial charge in [0.1, 0.15) is 5.76 Å². The van der Waals surface area contributed by atoms with E-state index in [2.05, 4.69) is 9.62 Å². The summed E-state index contributed by atoms with van der Waals surface area (Å²) in [6.07, 6.45) is 5.16. The molecule has 0 spiro atoms. The van der Waals surface area contributed by atoms with Crippen LogP contribution in [0.15, 0.2) is 45.9 Å². The summed E-state index contributed by atoms with van der Waals surface area (Å²) in [4.78, 5) is 2.65. The van der Waals surface area contributed by atoms with E-state index in [0.29, 0.717) is 11.4 Å². The lowest BCUT2D eigenvalue weighted by Gasteiger charge is -2.33. The van der Waals surface area contributed by atoms with Crippen molar-refractivity contribution in [3.8, 4) is 0 Å². The van der Waals surface area contributed by atoms with E-state index in [1.165, 1.54) is 6.42 Å². The van der Waals surface area contributed by atoms with Crippen LogP contribution in [0.25, 0.3) is 0 Å². The highest BCUT2D eigenvalue weighted by atomic mass is 32.2. The number of hydrogen-bond acceptors (Lipinski definition) is 4. The van der Waals surface area contributed by atoms with Crippen LogP contribution in [0.3, 0.4) is 0 Å². The van der Waals surface area contributed by atoms with Crippen LogP contribution in [0, 0.1) is 13.8 Å². The lowest BCUT2D eigenvalue weighted by Crippen LogP contribution is -2.40. The molecule has 1 N–H and O–H groups in total. The highest BCUT2D eigenvalue weighted by molar-refractivity contribution is 7.89. The van der Waals surface area contributed by atoms with Crippen molar-refractivity contribution in [2.75, 3.05) is 19.6 Å². The molecule has 1 fully saturated rings. The van der Waals surface area contributed by atoms with Crippen molar-refractivity contribution >= 4 is 10.0 Å². The number of hydrogen-bond donors (Lipinski definition) is 1. The van der Waals surface area contributed by atoms with Crippen molar-refractivity contribution in [1.29, 1.82) is 0 Å². The highest BCUT2D eigenvalue weighted by Crippen LogP contribution is 2.25. The molecular weight excluding hydrogens is 336 g/mol. The van der Waals surface area contributed by atoms with Gasteiger partial charge in [-0.2, -0.15) is 0 Å². The van der Waals surface area contributed by atoms with E-state index in [4.69, 9.17) is 4.42 Å². The van der Waals surface area contributed by atoms with Crippen LogP contribution in [-0.4, -0.2) is 33.0 Å².